The maximum Gasteiger partial charge on any atom is 0.337 e. The van der Waals surface area contributed by atoms with E-state index in [4.69, 9.17) is 9.84 Å². The summed E-state index contributed by atoms with van der Waals surface area (Å²) in [6, 6.07) is 1.42. The fourth-order valence-electron chi connectivity index (χ4n) is 1.53. The van der Waals surface area contributed by atoms with E-state index in [1.807, 2.05) is 0 Å². The van der Waals surface area contributed by atoms with Crippen LogP contribution in [0.25, 0.3) is 11.2 Å². The number of aromatic carboxylic acids is 1. The topological polar surface area (TPSA) is 88.1 Å². The van der Waals surface area contributed by atoms with Crippen LogP contribution in [-0.2, 0) is 11.2 Å². The van der Waals surface area contributed by atoms with Crippen LogP contribution in [0.2, 0.25) is 0 Å². The summed E-state index contributed by atoms with van der Waals surface area (Å²) in [4.78, 5) is 21.6. The number of rotatable bonds is 6. The lowest BCUT2D eigenvalue weighted by molar-refractivity contribution is 0.0183. The molecule has 2 aromatic heterocycles. The summed E-state index contributed by atoms with van der Waals surface area (Å²) in [6.45, 7) is -0.502. The highest BCUT2D eigenvalue weighted by Crippen LogP contribution is 2.11. The first kappa shape index (κ1) is 13.3. The number of alkyl halides is 2. The van der Waals surface area contributed by atoms with E-state index in [1.54, 1.807) is 0 Å². The number of fused-ring (bicyclic) bond motifs is 1. The molecule has 0 aliphatic carbocycles. The number of nitrogens with one attached hydrogen (secondary N) is 1. The molecular formula is C11H11F2N3O3. The van der Waals surface area contributed by atoms with Gasteiger partial charge in [-0.25, -0.2) is 23.5 Å². The maximum atomic E-state index is 11.8. The first-order chi connectivity index (χ1) is 9.06. The van der Waals surface area contributed by atoms with Gasteiger partial charge in [-0.3, -0.25) is 0 Å². The van der Waals surface area contributed by atoms with Gasteiger partial charge in [0, 0.05) is 12.6 Å². The molecule has 0 saturated carbocycles. The summed E-state index contributed by atoms with van der Waals surface area (Å²) in [6.07, 6.45) is -0.955. The highest BCUT2D eigenvalue weighted by molar-refractivity contribution is 5.90. The standard InChI is InChI=1S/C11H11F2N3O3/c12-8(13)5-19-2-1-9-15-7-3-6(11(17)18)4-14-10(7)16-9/h3-4,8H,1-2,5H2,(H,17,18)(H,14,15,16). The van der Waals surface area contributed by atoms with Crippen LogP contribution in [0.15, 0.2) is 12.3 Å². The molecule has 0 aromatic carbocycles. The Kier molecular flexibility index (Phi) is 4.00. The number of hydrogen-bond acceptors (Lipinski definition) is 4. The lowest BCUT2D eigenvalue weighted by atomic mass is 10.3. The van der Waals surface area contributed by atoms with Crippen molar-refractivity contribution in [3.8, 4) is 0 Å². The lowest BCUT2D eigenvalue weighted by Crippen LogP contribution is -2.07. The monoisotopic (exact) mass is 271 g/mol. The first-order valence-corrected chi connectivity index (χ1v) is 5.50. The summed E-state index contributed by atoms with van der Waals surface area (Å²) in [7, 11) is 0. The Morgan fingerprint density at radius 3 is 3.00 bits per heavy atom. The molecule has 0 bridgehead atoms. The molecule has 0 radical (unpaired) electrons. The lowest BCUT2D eigenvalue weighted by Gasteiger charge is -2.00. The van der Waals surface area contributed by atoms with Gasteiger partial charge in [0.05, 0.1) is 17.7 Å². The molecule has 2 N–H and O–H groups in total. The molecule has 0 spiro atoms. The number of halogens is 2. The highest BCUT2D eigenvalue weighted by atomic mass is 19.3. The number of nitrogens with zero attached hydrogens (tertiary/aromatic N) is 2. The Morgan fingerprint density at radius 1 is 1.53 bits per heavy atom. The molecule has 0 aliphatic heterocycles. The average Bonchev–Trinajstić information content (AvgIpc) is 2.75. The Morgan fingerprint density at radius 2 is 2.32 bits per heavy atom. The van der Waals surface area contributed by atoms with Gasteiger partial charge in [-0.1, -0.05) is 0 Å². The smallest absolute Gasteiger partial charge is 0.337 e. The fourth-order valence-corrected chi connectivity index (χ4v) is 1.53. The third kappa shape index (κ3) is 3.44. The minimum Gasteiger partial charge on any atom is -0.478 e. The molecule has 0 aliphatic rings. The fraction of sp³-hybridized carbons (Fsp3) is 0.364. The zero-order chi connectivity index (χ0) is 13.8. The number of imidazole rings is 1. The number of pyridine rings is 1. The molecular weight excluding hydrogens is 260 g/mol. The first-order valence-electron chi connectivity index (χ1n) is 5.50. The number of H-pyrrole nitrogens is 1. The molecule has 2 heterocycles. The summed E-state index contributed by atoms with van der Waals surface area (Å²) < 4.78 is 28.4. The van der Waals surface area contributed by atoms with Crippen LogP contribution >= 0.6 is 0 Å². The number of ether oxygens (including phenoxy) is 1. The van der Waals surface area contributed by atoms with Gasteiger partial charge >= 0.3 is 5.97 Å². The number of carbonyl (C=O) groups is 1. The van der Waals surface area contributed by atoms with E-state index in [0.717, 1.165) is 0 Å². The number of aromatic nitrogens is 3. The normalized spacial score (nSPS) is 11.3. The number of aromatic amines is 1. The van der Waals surface area contributed by atoms with Gasteiger partial charge in [-0.2, -0.15) is 0 Å². The number of hydrogen-bond donors (Lipinski definition) is 2. The van der Waals surface area contributed by atoms with Crippen LogP contribution in [0.4, 0.5) is 8.78 Å². The summed E-state index contributed by atoms with van der Waals surface area (Å²) in [5, 5.41) is 8.81. The van der Waals surface area contributed by atoms with Crippen molar-refractivity contribution in [2.75, 3.05) is 13.2 Å². The van der Waals surface area contributed by atoms with Gasteiger partial charge in [0.1, 0.15) is 12.4 Å². The minimum absolute atomic E-state index is 0.0525. The third-order valence-corrected chi connectivity index (χ3v) is 2.36. The SMILES string of the molecule is O=C(O)c1cnc2nc(CCOCC(F)F)[nH]c2c1. The molecule has 6 nitrogen and oxygen atoms in total. The zero-order valence-electron chi connectivity index (χ0n) is 9.77. The van der Waals surface area contributed by atoms with Crippen LogP contribution in [0.5, 0.6) is 0 Å². The molecule has 2 aromatic rings. The number of carboxylic acid groups (broad SMARTS) is 1. The van der Waals surface area contributed by atoms with Crippen LogP contribution < -0.4 is 0 Å². The van der Waals surface area contributed by atoms with Crippen molar-refractivity contribution < 1.29 is 23.4 Å². The van der Waals surface area contributed by atoms with E-state index in [0.29, 0.717) is 23.4 Å². The van der Waals surface area contributed by atoms with E-state index in [9.17, 15) is 13.6 Å². The van der Waals surface area contributed by atoms with E-state index in [-0.39, 0.29) is 12.2 Å². The molecule has 2 rings (SSSR count). The van der Waals surface area contributed by atoms with Gasteiger partial charge in [0.2, 0.25) is 0 Å². The second kappa shape index (κ2) is 5.70. The third-order valence-electron chi connectivity index (χ3n) is 2.36. The van der Waals surface area contributed by atoms with E-state index in [1.165, 1.54) is 12.3 Å². The molecule has 8 heteroatoms. The summed E-state index contributed by atoms with van der Waals surface area (Å²) in [5.74, 6) is -0.565. The molecule has 0 unspecified atom stereocenters. The van der Waals surface area contributed by atoms with Crippen LogP contribution in [0, 0.1) is 0 Å². The predicted octanol–water partition coefficient (Wildman–Crippen LogP) is 1.48. The van der Waals surface area contributed by atoms with Gasteiger partial charge in [-0.05, 0) is 6.07 Å². The van der Waals surface area contributed by atoms with Gasteiger partial charge in [0.25, 0.3) is 6.43 Å². The van der Waals surface area contributed by atoms with Crippen LogP contribution in [0.3, 0.4) is 0 Å². The van der Waals surface area contributed by atoms with Crippen molar-refractivity contribution in [2.45, 2.75) is 12.8 Å². The largest absolute Gasteiger partial charge is 0.478 e. The van der Waals surface area contributed by atoms with E-state index < -0.39 is 19.0 Å². The molecule has 0 fully saturated rings. The van der Waals surface area contributed by atoms with Crippen LogP contribution in [0.1, 0.15) is 16.2 Å². The second-order valence-electron chi connectivity index (χ2n) is 3.80. The van der Waals surface area contributed by atoms with Gasteiger partial charge in [0.15, 0.2) is 5.65 Å². The Bertz CT molecular complexity index is 586. The van der Waals surface area contributed by atoms with Crippen molar-refractivity contribution in [3.05, 3.63) is 23.7 Å². The van der Waals surface area contributed by atoms with Crippen molar-refractivity contribution in [1.82, 2.24) is 15.0 Å². The van der Waals surface area contributed by atoms with Gasteiger partial charge in [-0.15, -0.1) is 0 Å². The second-order valence-corrected chi connectivity index (χ2v) is 3.80. The Hall–Kier alpha value is -2.09. The molecule has 0 saturated heterocycles. The Balaban J connectivity index is 2.03. The molecule has 0 atom stereocenters. The summed E-state index contributed by atoms with van der Waals surface area (Å²) in [5.41, 5.74) is 0.925. The van der Waals surface area contributed by atoms with Gasteiger partial charge < -0.3 is 14.8 Å². The highest BCUT2D eigenvalue weighted by Gasteiger charge is 2.09. The minimum atomic E-state index is -2.49. The van der Waals surface area contributed by atoms with Crippen molar-refractivity contribution in [2.24, 2.45) is 0 Å². The van der Waals surface area contributed by atoms with Crippen LogP contribution in [-0.4, -0.2) is 45.7 Å². The number of carboxylic acids is 1. The zero-order valence-corrected chi connectivity index (χ0v) is 9.77. The average molecular weight is 271 g/mol. The molecule has 19 heavy (non-hydrogen) atoms. The van der Waals surface area contributed by atoms with Crippen molar-refractivity contribution in [1.29, 1.82) is 0 Å². The van der Waals surface area contributed by atoms with E-state index in [2.05, 4.69) is 15.0 Å². The molecule has 102 valence electrons. The van der Waals surface area contributed by atoms with Crippen molar-refractivity contribution in [3.63, 3.8) is 0 Å². The van der Waals surface area contributed by atoms with E-state index >= 15 is 0 Å². The maximum absolute atomic E-state index is 11.8. The quantitative estimate of drug-likeness (QED) is 0.777. The van der Waals surface area contributed by atoms with Crippen molar-refractivity contribution >= 4 is 17.1 Å². The predicted molar refractivity (Wildman–Crippen MR) is 61.4 cm³/mol. The Labute approximate surface area is 106 Å². The molecule has 0 amide bonds. The summed E-state index contributed by atoms with van der Waals surface area (Å²) >= 11 is 0.